The maximum Gasteiger partial charge on any atom is 0.124 e. The lowest BCUT2D eigenvalue weighted by atomic mass is 10.0. The van der Waals surface area contributed by atoms with E-state index >= 15 is 0 Å². The van der Waals surface area contributed by atoms with Gasteiger partial charge in [-0.25, -0.2) is 0 Å². The smallest absolute Gasteiger partial charge is 0.124 e. The minimum atomic E-state index is 0.397. The molecule has 1 heterocycles. The molecule has 168 valence electrons. The summed E-state index contributed by atoms with van der Waals surface area (Å²) in [6.45, 7) is 5.19. The Labute approximate surface area is 201 Å². The van der Waals surface area contributed by atoms with E-state index in [2.05, 4.69) is 79.1 Å². The zero-order valence-electron chi connectivity index (χ0n) is 18.9. The molecule has 0 aliphatic carbocycles. The molecule has 0 radical (unpaired) electrons. The number of unbranched alkanes of at least 4 members (excludes halogenated alkanes) is 1. The van der Waals surface area contributed by atoms with Crippen LogP contribution in [0.15, 0.2) is 60.7 Å². The molecule has 0 N–H and O–H groups in total. The van der Waals surface area contributed by atoms with Crippen LogP contribution in [0.3, 0.4) is 0 Å². The van der Waals surface area contributed by atoms with Crippen LogP contribution in [0, 0.1) is 5.92 Å². The Kier molecular flexibility index (Phi) is 7.65. The number of fused-ring (bicyclic) bond motifs is 3. The van der Waals surface area contributed by atoms with E-state index in [-0.39, 0.29) is 0 Å². The predicted molar refractivity (Wildman–Crippen MR) is 139 cm³/mol. The molecule has 3 aromatic carbocycles. The van der Waals surface area contributed by atoms with Gasteiger partial charge in [-0.3, -0.25) is 0 Å². The Morgan fingerprint density at radius 1 is 0.844 bits per heavy atom. The molecule has 0 spiro atoms. The molecule has 0 aliphatic rings. The largest absolute Gasteiger partial charge is 0.493 e. The van der Waals surface area contributed by atoms with E-state index in [0.717, 1.165) is 35.6 Å². The molecule has 4 heteroatoms. The lowest BCUT2D eigenvalue weighted by Crippen LogP contribution is -2.12. The normalized spacial score (nSPS) is 12.5. The van der Waals surface area contributed by atoms with Gasteiger partial charge in [0.15, 0.2) is 0 Å². The number of benzene rings is 3. The van der Waals surface area contributed by atoms with E-state index in [1.54, 1.807) is 0 Å². The van der Waals surface area contributed by atoms with Gasteiger partial charge in [-0.1, -0.05) is 69.5 Å². The summed E-state index contributed by atoms with van der Waals surface area (Å²) in [5.41, 5.74) is 5.45. The van der Waals surface area contributed by atoms with Crippen molar-refractivity contribution in [2.75, 3.05) is 6.61 Å². The molecular weight excluding hydrogens is 437 g/mol. The summed E-state index contributed by atoms with van der Waals surface area (Å²) in [5, 5.41) is 2.47. The molecule has 1 atom stereocenters. The zero-order valence-corrected chi connectivity index (χ0v) is 20.4. The Morgan fingerprint density at radius 2 is 1.47 bits per heavy atom. The molecule has 4 aromatic rings. The molecule has 0 amide bonds. The molecule has 1 unspecified atom stereocenters. The number of halogens is 2. The minimum absolute atomic E-state index is 0.397. The van der Waals surface area contributed by atoms with Crippen molar-refractivity contribution in [3.05, 3.63) is 71.8 Å². The molecule has 4 rings (SSSR count). The number of aromatic nitrogens is 1. The quantitative estimate of drug-likeness (QED) is 0.212. The van der Waals surface area contributed by atoms with Gasteiger partial charge in [-0.15, -0.1) is 23.2 Å². The van der Waals surface area contributed by atoms with Crippen molar-refractivity contribution in [1.29, 1.82) is 0 Å². The summed E-state index contributed by atoms with van der Waals surface area (Å²) in [5.74, 6) is 2.22. The lowest BCUT2D eigenvalue weighted by molar-refractivity contribution is 0.232. The van der Waals surface area contributed by atoms with Crippen molar-refractivity contribution in [3.63, 3.8) is 0 Å². The number of ether oxygens (including phenoxy) is 1. The number of hydrogen-bond acceptors (Lipinski definition) is 1. The van der Waals surface area contributed by atoms with Crippen LogP contribution in [0.4, 0.5) is 0 Å². The van der Waals surface area contributed by atoms with E-state index in [4.69, 9.17) is 27.9 Å². The zero-order chi connectivity index (χ0) is 22.5. The average molecular weight is 468 g/mol. The first kappa shape index (κ1) is 23.0. The van der Waals surface area contributed by atoms with Crippen LogP contribution < -0.4 is 4.74 Å². The van der Waals surface area contributed by atoms with E-state index in [1.165, 1.54) is 41.1 Å². The highest BCUT2D eigenvalue weighted by Gasteiger charge is 2.18. The Bertz CT molecular complexity index is 1140. The molecule has 0 bridgehead atoms. The second kappa shape index (κ2) is 10.6. The van der Waals surface area contributed by atoms with Gasteiger partial charge in [0, 0.05) is 22.2 Å². The third kappa shape index (κ3) is 4.49. The topological polar surface area (TPSA) is 14.2 Å². The summed E-state index contributed by atoms with van der Waals surface area (Å²) < 4.78 is 8.62. The third-order valence-electron chi connectivity index (χ3n) is 6.39. The lowest BCUT2D eigenvalue weighted by Gasteiger charge is -2.20. The maximum atomic E-state index is 6.48. The van der Waals surface area contributed by atoms with Gasteiger partial charge < -0.3 is 9.30 Å². The van der Waals surface area contributed by atoms with Crippen molar-refractivity contribution in [3.8, 4) is 11.4 Å². The molecule has 0 aliphatic heterocycles. The molecule has 0 fully saturated rings. The standard InChI is InChI=1S/C28H31Cl2NO/c1-3-5-10-20(4-2)19-32-28-16-21(17-29)27(15-22(28)18-30)31-25-13-8-6-11-23(25)24-12-7-9-14-26(24)31/h6-9,11-16,20H,3-5,10,17-19H2,1-2H3. The van der Waals surface area contributed by atoms with Crippen LogP contribution in [0.1, 0.15) is 50.7 Å². The summed E-state index contributed by atoms with van der Waals surface area (Å²) in [4.78, 5) is 0. The first-order valence-corrected chi connectivity index (χ1v) is 12.7. The fourth-order valence-electron chi connectivity index (χ4n) is 4.50. The molecule has 1 aromatic heterocycles. The highest BCUT2D eigenvalue weighted by Crippen LogP contribution is 2.36. The second-order valence-corrected chi connectivity index (χ2v) is 8.99. The van der Waals surface area contributed by atoms with Crippen LogP contribution in [-0.4, -0.2) is 11.2 Å². The Morgan fingerprint density at radius 3 is 2.03 bits per heavy atom. The van der Waals surface area contributed by atoms with Gasteiger partial charge >= 0.3 is 0 Å². The van der Waals surface area contributed by atoms with Gasteiger partial charge in [0.2, 0.25) is 0 Å². The number of nitrogens with zero attached hydrogens (tertiary/aromatic N) is 1. The molecule has 0 saturated carbocycles. The fraction of sp³-hybridized carbons (Fsp3) is 0.357. The van der Waals surface area contributed by atoms with Crippen LogP contribution in [0.2, 0.25) is 0 Å². The van der Waals surface area contributed by atoms with Crippen molar-refractivity contribution < 1.29 is 4.74 Å². The highest BCUT2D eigenvalue weighted by atomic mass is 35.5. The maximum absolute atomic E-state index is 6.48. The van der Waals surface area contributed by atoms with Gasteiger partial charge in [0.1, 0.15) is 5.75 Å². The van der Waals surface area contributed by atoms with Crippen LogP contribution in [0.5, 0.6) is 5.75 Å². The van der Waals surface area contributed by atoms with Gasteiger partial charge in [0.25, 0.3) is 0 Å². The average Bonchev–Trinajstić information content (AvgIpc) is 3.18. The van der Waals surface area contributed by atoms with Crippen molar-refractivity contribution in [2.45, 2.75) is 51.3 Å². The minimum Gasteiger partial charge on any atom is -0.493 e. The molecule has 2 nitrogen and oxygen atoms in total. The summed E-state index contributed by atoms with van der Waals surface area (Å²) >= 11 is 12.9. The Balaban J connectivity index is 1.79. The highest BCUT2D eigenvalue weighted by molar-refractivity contribution is 6.18. The van der Waals surface area contributed by atoms with Gasteiger partial charge in [-0.2, -0.15) is 0 Å². The van der Waals surface area contributed by atoms with Crippen LogP contribution in [0.25, 0.3) is 27.5 Å². The number of rotatable bonds is 10. The number of para-hydroxylation sites is 2. The van der Waals surface area contributed by atoms with Crippen LogP contribution in [-0.2, 0) is 11.8 Å². The fourth-order valence-corrected chi connectivity index (χ4v) is 4.92. The number of hydrogen-bond donors (Lipinski definition) is 0. The predicted octanol–water partition coefficient (Wildman–Crippen LogP) is 8.86. The molecule has 0 saturated heterocycles. The SMILES string of the molecule is CCCCC(CC)COc1cc(CCl)c(-n2c3ccccc3c3ccccc32)cc1CCl. The first-order valence-electron chi connectivity index (χ1n) is 11.6. The molecular formula is C28H31Cl2NO. The summed E-state index contributed by atoms with van der Waals surface area (Å²) in [7, 11) is 0. The van der Waals surface area contributed by atoms with E-state index in [0.29, 0.717) is 17.7 Å². The molecule has 32 heavy (non-hydrogen) atoms. The van der Waals surface area contributed by atoms with Crippen molar-refractivity contribution in [2.24, 2.45) is 5.92 Å². The van der Waals surface area contributed by atoms with E-state index in [9.17, 15) is 0 Å². The summed E-state index contributed by atoms with van der Waals surface area (Å²) in [6, 6.07) is 21.3. The Hall–Kier alpha value is -2.16. The number of alkyl halides is 2. The third-order valence-corrected chi connectivity index (χ3v) is 6.96. The van der Waals surface area contributed by atoms with Crippen molar-refractivity contribution >= 4 is 45.0 Å². The van der Waals surface area contributed by atoms with E-state index < -0.39 is 0 Å². The van der Waals surface area contributed by atoms with E-state index in [1.807, 2.05) is 0 Å². The second-order valence-electron chi connectivity index (χ2n) is 8.45. The monoisotopic (exact) mass is 467 g/mol. The summed E-state index contributed by atoms with van der Waals surface area (Å²) in [6.07, 6.45) is 4.78. The van der Waals surface area contributed by atoms with Gasteiger partial charge in [-0.05, 0) is 42.2 Å². The van der Waals surface area contributed by atoms with Crippen LogP contribution >= 0.6 is 23.2 Å². The van der Waals surface area contributed by atoms with Gasteiger partial charge in [0.05, 0.1) is 29.2 Å². The first-order chi connectivity index (χ1) is 15.7. The van der Waals surface area contributed by atoms with Crippen molar-refractivity contribution in [1.82, 2.24) is 4.57 Å².